The summed E-state index contributed by atoms with van der Waals surface area (Å²) in [6.45, 7) is 6.70. The topological polar surface area (TPSA) is 24.9 Å². The maximum Gasteiger partial charge on any atom is 0.111 e. The standard InChI is InChI=1S/C18H24N2S/c1-4-16-13(3)21-18(20-16)17(19-15-10-11-15)12(2)14-8-6-5-7-9-14/h5-9,12,15,17,19H,4,10-11H2,1-3H3. The Kier molecular flexibility index (Phi) is 4.41. The summed E-state index contributed by atoms with van der Waals surface area (Å²) in [7, 11) is 0. The van der Waals surface area contributed by atoms with Crippen LogP contribution < -0.4 is 5.32 Å². The predicted octanol–water partition coefficient (Wildman–Crippen LogP) is 4.61. The molecule has 1 N–H and O–H groups in total. The van der Waals surface area contributed by atoms with Gasteiger partial charge in [-0.1, -0.05) is 44.2 Å². The highest BCUT2D eigenvalue weighted by atomic mass is 32.1. The van der Waals surface area contributed by atoms with Crippen LogP contribution in [0.5, 0.6) is 0 Å². The van der Waals surface area contributed by atoms with Gasteiger partial charge in [0, 0.05) is 16.8 Å². The molecular formula is C18H24N2S. The number of hydrogen-bond acceptors (Lipinski definition) is 3. The molecule has 1 aromatic carbocycles. The Morgan fingerprint density at radius 2 is 2.00 bits per heavy atom. The second kappa shape index (κ2) is 6.29. The lowest BCUT2D eigenvalue weighted by atomic mass is 9.93. The van der Waals surface area contributed by atoms with Gasteiger partial charge in [0.2, 0.25) is 0 Å². The number of rotatable bonds is 6. The number of thiazole rings is 1. The Morgan fingerprint density at radius 3 is 2.57 bits per heavy atom. The van der Waals surface area contributed by atoms with Crippen molar-refractivity contribution in [3.05, 3.63) is 51.5 Å². The monoisotopic (exact) mass is 300 g/mol. The second-order valence-corrected chi connectivity index (χ2v) is 7.26. The second-order valence-electron chi connectivity index (χ2n) is 6.03. The van der Waals surface area contributed by atoms with E-state index in [0.717, 1.165) is 6.42 Å². The fourth-order valence-electron chi connectivity index (χ4n) is 2.79. The summed E-state index contributed by atoms with van der Waals surface area (Å²) >= 11 is 1.87. The van der Waals surface area contributed by atoms with Gasteiger partial charge >= 0.3 is 0 Å². The third kappa shape index (κ3) is 3.35. The highest BCUT2D eigenvalue weighted by Gasteiger charge is 2.31. The van der Waals surface area contributed by atoms with Gasteiger partial charge in [0.1, 0.15) is 5.01 Å². The Balaban J connectivity index is 1.89. The summed E-state index contributed by atoms with van der Waals surface area (Å²) in [5.41, 5.74) is 2.65. The van der Waals surface area contributed by atoms with Crippen molar-refractivity contribution in [2.75, 3.05) is 0 Å². The first-order valence-electron chi connectivity index (χ1n) is 7.96. The number of benzene rings is 1. The lowest BCUT2D eigenvalue weighted by molar-refractivity contribution is 0.460. The van der Waals surface area contributed by atoms with E-state index in [9.17, 15) is 0 Å². The van der Waals surface area contributed by atoms with Crippen molar-refractivity contribution in [1.29, 1.82) is 0 Å². The SMILES string of the molecule is CCc1nc(C(NC2CC2)C(C)c2ccccc2)sc1C. The van der Waals surface area contributed by atoms with Crippen molar-refractivity contribution in [1.82, 2.24) is 10.3 Å². The first-order chi connectivity index (χ1) is 10.2. The molecule has 1 aromatic heterocycles. The average Bonchev–Trinajstić information content (AvgIpc) is 3.26. The van der Waals surface area contributed by atoms with E-state index in [0.29, 0.717) is 18.0 Å². The molecule has 1 aliphatic carbocycles. The molecule has 0 bridgehead atoms. The normalized spacial score (nSPS) is 17.7. The summed E-state index contributed by atoms with van der Waals surface area (Å²) in [4.78, 5) is 6.28. The van der Waals surface area contributed by atoms with E-state index in [1.807, 2.05) is 11.3 Å². The average molecular weight is 300 g/mol. The maximum atomic E-state index is 4.91. The lowest BCUT2D eigenvalue weighted by Crippen LogP contribution is -2.27. The number of nitrogens with one attached hydrogen (secondary N) is 1. The van der Waals surface area contributed by atoms with Crippen LogP contribution in [0.2, 0.25) is 0 Å². The molecule has 1 fully saturated rings. The summed E-state index contributed by atoms with van der Waals surface area (Å²) < 4.78 is 0. The summed E-state index contributed by atoms with van der Waals surface area (Å²) in [5, 5.41) is 5.08. The van der Waals surface area contributed by atoms with Gasteiger partial charge in [0.25, 0.3) is 0 Å². The van der Waals surface area contributed by atoms with E-state index in [1.54, 1.807) is 0 Å². The van der Waals surface area contributed by atoms with Crippen LogP contribution in [-0.4, -0.2) is 11.0 Å². The van der Waals surface area contributed by atoms with Crippen molar-refractivity contribution in [2.24, 2.45) is 0 Å². The van der Waals surface area contributed by atoms with Gasteiger partial charge in [-0.05, 0) is 31.7 Å². The number of aromatic nitrogens is 1. The Bertz CT molecular complexity index is 587. The van der Waals surface area contributed by atoms with Crippen LogP contribution in [0.15, 0.2) is 30.3 Å². The van der Waals surface area contributed by atoms with Gasteiger partial charge in [-0.2, -0.15) is 0 Å². The maximum absolute atomic E-state index is 4.91. The number of aryl methyl sites for hydroxylation is 2. The molecule has 3 heteroatoms. The molecule has 2 nitrogen and oxygen atoms in total. The molecule has 0 aliphatic heterocycles. The fraction of sp³-hybridized carbons (Fsp3) is 0.500. The van der Waals surface area contributed by atoms with Gasteiger partial charge in [-0.25, -0.2) is 4.98 Å². The van der Waals surface area contributed by atoms with Crippen LogP contribution in [0.4, 0.5) is 0 Å². The minimum atomic E-state index is 0.337. The van der Waals surface area contributed by atoms with Crippen LogP contribution in [0, 0.1) is 6.92 Å². The Morgan fingerprint density at radius 1 is 1.29 bits per heavy atom. The molecule has 1 saturated carbocycles. The zero-order valence-corrected chi connectivity index (χ0v) is 13.9. The summed E-state index contributed by atoms with van der Waals surface area (Å²) in [6.07, 6.45) is 3.64. The molecule has 0 radical (unpaired) electrons. The third-order valence-electron chi connectivity index (χ3n) is 4.33. The molecule has 3 rings (SSSR count). The van der Waals surface area contributed by atoms with E-state index in [1.165, 1.54) is 34.0 Å². The van der Waals surface area contributed by atoms with Crippen LogP contribution in [0.3, 0.4) is 0 Å². The quantitative estimate of drug-likeness (QED) is 0.842. The smallest absolute Gasteiger partial charge is 0.111 e. The number of hydrogen-bond donors (Lipinski definition) is 1. The van der Waals surface area contributed by atoms with Gasteiger partial charge in [-0.3, -0.25) is 0 Å². The molecule has 1 aliphatic rings. The highest BCUT2D eigenvalue weighted by Crippen LogP contribution is 2.36. The minimum absolute atomic E-state index is 0.337. The Labute approximate surface area is 131 Å². The third-order valence-corrected chi connectivity index (χ3v) is 5.42. The lowest BCUT2D eigenvalue weighted by Gasteiger charge is -2.24. The van der Waals surface area contributed by atoms with Crippen LogP contribution >= 0.6 is 11.3 Å². The van der Waals surface area contributed by atoms with Crippen molar-refractivity contribution in [3.8, 4) is 0 Å². The van der Waals surface area contributed by atoms with Crippen molar-refractivity contribution in [2.45, 2.75) is 58.0 Å². The van der Waals surface area contributed by atoms with Crippen LogP contribution in [0.25, 0.3) is 0 Å². The fourth-order valence-corrected chi connectivity index (χ4v) is 3.97. The molecule has 1 heterocycles. The molecule has 2 unspecified atom stereocenters. The predicted molar refractivity (Wildman–Crippen MR) is 90.0 cm³/mol. The first-order valence-corrected chi connectivity index (χ1v) is 8.78. The van der Waals surface area contributed by atoms with Crippen LogP contribution in [0.1, 0.15) is 59.8 Å². The molecule has 0 amide bonds. The molecule has 0 spiro atoms. The Hall–Kier alpha value is -1.19. The molecule has 21 heavy (non-hydrogen) atoms. The van der Waals surface area contributed by atoms with E-state index < -0.39 is 0 Å². The van der Waals surface area contributed by atoms with Crippen molar-refractivity contribution < 1.29 is 0 Å². The molecule has 112 valence electrons. The molecule has 0 saturated heterocycles. The van der Waals surface area contributed by atoms with Gasteiger partial charge in [0.05, 0.1) is 11.7 Å². The first kappa shape index (κ1) is 14.7. The van der Waals surface area contributed by atoms with E-state index in [4.69, 9.17) is 4.98 Å². The van der Waals surface area contributed by atoms with E-state index in [2.05, 4.69) is 56.4 Å². The minimum Gasteiger partial charge on any atom is -0.305 e. The molecular weight excluding hydrogens is 276 g/mol. The van der Waals surface area contributed by atoms with Gasteiger partial charge in [0.15, 0.2) is 0 Å². The van der Waals surface area contributed by atoms with Crippen molar-refractivity contribution in [3.63, 3.8) is 0 Å². The van der Waals surface area contributed by atoms with Crippen molar-refractivity contribution >= 4 is 11.3 Å². The zero-order chi connectivity index (χ0) is 14.8. The highest BCUT2D eigenvalue weighted by molar-refractivity contribution is 7.11. The largest absolute Gasteiger partial charge is 0.305 e. The van der Waals surface area contributed by atoms with E-state index in [-0.39, 0.29) is 0 Å². The number of nitrogens with zero attached hydrogens (tertiary/aromatic N) is 1. The van der Waals surface area contributed by atoms with E-state index >= 15 is 0 Å². The zero-order valence-electron chi connectivity index (χ0n) is 13.1. The van der Waals surface area contributed by atoms with Crippen LogP contribution in [-0.2, 0) is 6.42 Å². The summed E-state index contributed by atoms with van der Waals surface area (Å²) in [5.74, 6) is 0.446. The molecule has 2 aromatic rings. The van der Waals surface area contributed by atoms with Gasteiger partial charge in [-0.15, -0.1) is 11.3 Å². The summed E-state index contributed by atoms with van der Waals surface area (Å²) in [6, 6.07) is 11.8. The molecule has 2 atom stereocenters. The van der Waals surface area contributed by atoms with Gasteiger partial charge < -0.3 is 5.32 Å².